The third-order valence-electron chi connectivity index (χ3n) is 11.6. The Hall–Kier alpha value is -8.07. The van der Waals surface area contributed by atoms with Gasteiger partial charge in [0.1, 0.15) is 11.5 Å². The van der Waals surface area contributed by atoms with E-state index in [1.54, 1.807) is 0 Å². The zero-order valence-electron chi connectivity index (χ0n) is 31.8. The maximum atomic E-state index is 10.0. The van der Waals surface area contributed by atoms with Crippen molar-refractivity contribution >= 4 is 21.8 Å². The van der Waals surface area contributed by atoms with Crippen molar-refractivity contribution < 1.29 is 4.74 Å². The first-order chi connectivity index (χ1) is 29.2. The molecule has 3 heterocycles. The fourth-order valence-corrected chi connectivity index (χ4v) is 8.93. The molecular weight excluding hydrogens is 721 g/mol. The normalized spacial score (nSPS) is 12.7. The lowest BCUT2D eigenvalue weighted by Gasteiger charge is -2.41. The van der Waals surface area contributed by atoms with E-state index in [0.717, 1.165) is 78.1 Å². The molecule has 0 aliphatic carbocycles. The van der Waals surface area contributed by atoms with Gasteiger partial charge in [0.05, 0.1) is 39.5 Å². The Morgan fingerprint density at radius 1 is 0.441 bits per heavy atom. The second kappa shape index (κ2) is 13.8. The summed E-state index contributed by atoms with van der Waals surface area (Å²) in [4.78, 5) is 10.4. The second-order valence-corrected chi connectivity index (χ2v) is 14.9. The van der Waals surface area contributed by atoms with Crippen LogP contribution >= 0.6 is 0 Å². The van der Waals surface area contributed by atoms with E-state index >= 15 is 0 Å². The van der Waals surface area contributed by atoms with Crippen molar-refractivity contribution in [1.82, 2.24) is 14.5 Å². The molecule has 11 rings (SSSR count). The number of fused-ring (bicyclic) bond motifs is 5. The standard InChI is InChI=1S/C54H34N4O/c55-35-36-25-29-49-43(31-36)44-32-39(27-30-50(44)58(49)53-56-47(37-15-5-1-6-16-37)34-48(57-53)38-17-7-2-8-18-38)40-26-28-46-52(33-40)59-51-24-14-13-23-45(51)54(46,41-19-9-3-10-20-41)42-21-11-4-12-22-42/h1-34H. The van der Waals surface area contributed by atoms with Crippen molar-refractivity contribution in [3.8, 4) is 57.2 Å². The number of ether oxygens (including phenoxy) is 1. The van der Waals surface area contributed by atoms with E-state index in [-0.39, 0.29) is 0 Å². The van der Waals surface area contributed by atoms with Crippen LogP contribution in [0.5, 0.6) is 11.5 Å². The fourth-order valence-electron chi connectivity index (χ4n) is 8.93. The number of nitrogens with zero attached hydrogens (tertiary/aromatic N) is 4. The Kier molecular flexibility index (Phi) is 8.02. The molecule has 0 saturated carbocycles. The van der Waals surface area contributed by atoms with Crippen LogP contribution in [0, 0.1) is 11.3 Å². The van der Waals surface area contributed by atoms with Crippen LogP contribution < -0.4 is 4.74 Å². The molecule has 0 amide bonds. The minimum atomic E-state index is -0.594. The average molecular weight is 755 g/mol. The monoisotopic (exact) mass is 754 g/mol. The van der Waals surface area contributed by atoms with Gasteiger partial charge in [0.25, 0.3) is 0 Å². The molecule has 0 N–H and O–H groups in total. The van der Waals surface area contributed by atoms with Crippen LogP contribution in [-0.2, 0) is 5.41 Å². The highest BCUT2D eigenvalue weighted by atomic mass is 16.5. The fraction of sp³-hybridized carbons (Fsp3) is 0.0185. The van der Waals surface area contributed by atoms with E-state index < -0.39 is 5.41 Å². The molecule has 0 spiro atoms. The lowest BCUT2D eigenvalue weighted by Crippen LogP contribution is -2.34. The Morgan fingerprint density at radius 3 is 1.58 bits per heavy atom. The maximum absolute atomic E-state index is 10.0. The van der Waals surface area contributed by atoms with Crippen molar-refractivity contribution in [3.05, 3.63) is 234 Å². The molecule has 59 heavy (non-hydrogen) atoms. The summed E-state index contributed by atoms with van der Waals surface area (Å²) in [6.07, 6.45) is 0. The third-order valence-corrected chi connectivity index (χ3v) is 11.6. The summed E-state index contributed by atoms with van der Waals surface area (Å²) in [6.45, 7) is 0. The number of rotatable bonds is 6. The van der Waals surface area contributed by atoms with Crippen LogP contribution in [0.15, 0.2) is 206 Å². The predicted octanol–water partition coefficient (Wildman–Crippen LogP) is 12.9. The molecule has 0 radical (unpaired) electrons. The zero-order valence-corrected chi connectivity index (χ0v) is 31.8. The summed E-state index contributed by atoms with van der Waals surface area (Å²) in [7, 11) is 0. The van der Waals surface area contributed by atoms with Gasteiger partial charge in [0.15, 0.2) is 0 Å². The van der Waals surface area contributed by atoms with Crippen molar-refractivity contribution in [2.45, 2.75) is 5.41 Å². The molecule has 0 bridgehead atoms. The van der Waals surface area contributed by atoms with Gasteiger partial charge in [-0.25, -0.2) is 9.97 Å². The number of aromatic nitrogens is 3. The number of hydrogen-bond donors (Lipinski definition) is 0. The first-order valence-electron chi connectivity index (χ1n) is 19.7. The molecule has 1 aliphatic rings. The number of para-hydroxylation sites is 1. The lowest BCUT2D eigenvalue weighted by molar-refractivity contribution is 0.435. The Labute approximate surface area is 341 Å². The summed E-state index contributed by atoms with van der Waals surface area (Å²) in [5.41, 5.74) is 12.1. The van der Waals surface area contributed by atoms with E-state index in [1.807, 2.05) is 60.7 Å². The molecule has 5 heteroatoms. The van der Waals surface area contributed by atoms with Crippen LogP contribution in [0.1, 0.15) is 27.8 Å². The summed E-state index contributed by atoms with van der Waals surface area (Å²) in [5.74, 6) is 2.20. The molecule has 0 saturated heterocycles. The molecule has 5 nitrogen and oxygen atoms in total. The van der Waals surface area contributed by atoms with Gasteiger partial charge in [0, 0.05) is 33.0 Å². The van der Waals surface area contributed by atoms with Gasteiger partial charge in [-0.2, -0.15) is 5.26 Å². The summed E-state index contributed by atoms with van der Waals surface area (Å²) in [6, 6.07) is 73.6. The molecule has 0 atom stereocenters. The van der Waals surface area contributed by atoms with E-state index in [9.17, 15) is 5.26 Å². The van der Waals surface area contributed by atoms with Crippen LogP contribution in [0.4, 0.5) is 0 Å². The molecule has 0 unspecified atom stereocenters. The number of hydrogen-bond acceptors (Lipinski definition) is 4. The Morgan fingerprint density at radius 2 is 0.949 bits per heavy atom. The second-order valence-electron chi connectivity index (χ2n) is 14.9. The molecule has 8 aromatic carbocycles. The SMILES string of the molecule is N#Cc1ccc2c(c1)c1cc(-c3ccc4c(c3)Oc3ccccc3C4(c3ccccc3)c3ccccc3)ccc1n2-c1nc(-c2ccccc2)cc(-c2ccccc2)n1. The van der Waals surface area contributed by atoms with Gasteiger partial charge in [-0.05, 0) is 70.8 Å². The highest BCUT2D eigenvalue weighted by Gasteiger charge is 2.45. The highest BCUT2D eigenvalue weighted by molar-refractivity contribution is 6.10. The summed E-state index contributed by atoms with van der Waals surface area (Å²) < 4.78 is 8.95. The molecule has 1 aliphatic heterocycles. The van der Waals surface area contributed by atoms with Gasteiger partial charge in [0.2, 0.25) is 5.95 Å². The molecule has 0 fully saturated rings. The topological polar surface area (TPSA) is 63.7 Å². The predicted molar refractivity (Wildman–Crippen MR) is 236 cm³/mol. The molecular formula is C54H34N4O. The van der Waals surface area contributed by atoms with E-state index in [1.165, 1.54) is 11.1 Å². The summed E-state index contributed by atoms with van der Waals surface area (Å²) in [5, 5.41) is 12.0. The third kappa shape index (κ3) is 5.54. The Bertz CT molecular complexity index is 3150. The first kappa shape index (κ1) is 34.2. The Balaban J connectivity index is 1.11. The van der Waals surface area contributed by atoms with Crippen molar-refractivity contribution in [2.24, 2.45) is 0 Å². The smallest absolute Gasteiger partial charge is 0.235 e. The lowest BCUT2D eigenvalue weighted by atomic mass is 9.63. The maximum Gasteiger partial charge on any atom is 0.235 e. The van der Waals surface area contributed by atoms with E-state index in [0.29, 0.717) is 11.5 Å². The van der Waals surface area contributed by atoms with Crippen molar-refractivity contribution in [3.63, 3.8) is 0 Å². The van der Waals surface area contributed by atoms with Crippen LogP contribution in [-0.4, -0.2) is 14.5 Å². The molecule has 10 aromatic rings. The number of nitriles is 1. The van der Waals surface area contributed by atoms with E-state index in [4.69, 9.17) is 14.7 Å². The molecule has 2 aromatic heterocycles. The minimum absolute atomic E-state index is 0.557. The summed E-state index contributed by atoms with van der Waals surface area (Å²) >= 11 is 0. The zero-order chi connectivity index (χ0) is 39.3. The van der Waals surface area contributed by atoms with Crippen LogP contribution in [0.25, 0.3) is 61.4 Å². The van der Waals surface area contributed by atoms with Crippen LogP contribution in [0.2, 0.25) is 0 Å². The largest absolute Gasteiger partial charge is 0.457 e. The number of benzene rings is 8. The quantitative estimate of drug-likeness (QED) is 0.170. The first-order valence-corrected chi connectivity index (χ1v) is 19.7. The van der Waals surface area contributed by atoms with Crippen LogP contribution in [0.3, 0.4) is 0 Å². The molecule has 276 valence electrons. The average Bonchev–Trinajstić information content (AvgIpc) is 3.64. The van der Waals surface area contributed by atoms with E-state index in [2.05, 4.69) is 156 Å². The highest BCUT2D eigenvalue weighted by Crippen LogP contribution is 2.55. The van der Waals surface area contributed by atoms with Gasteiger partial charge in [-0.3, -0.25) is 4.57 Å². The minimum Gasteiger partial charge on any atom is -0.457 e. The van der Waals surface area contributed by atoms with Crippen molar-refractivity contribution in [1.29, 1.82) is 5.26 Å². The van der Waals surface area contributed by atoms with Crippen molar-refractivity contribution in [2.75, 3.05) is 0 Å². The van der Waals surface area contributed by atoms with Gasteiger partial charge >= 0.3 is 0 Å². The van der Waals surface area contributed by atoms with Gasteiger partial charge in [-0.15, -0.1) is 0 Å². The van der Waals surface area contributed by atoms with Gasteiger partial charge in [-0.1, -0.05) is 158 Å². The van der Waals surface area contributed by atoms with Gasteiger partial charge < -0.3 is 4.74 Å².